The molecule has 2 rings (SSSR count). The lowest BCUT2D eigenvalue weighted by molar-refractivity contribution is -0.124. The minimum absolute atomic E-state index is 0.0236. The van der Waals surface area contributed by atoms with Gasteiger partial charge in [0.05, 0.1) is 0 Å². The van der Waals surface area contributed by atoms with Gasteiger partial charge in [0.2, 0.25) is 11.8 Å². The first-order valence-corrected chi connectivity index (χ1v) is 8.75. The van der Waals surface area contributed by atoms with Crippen LogP contribution in [0.25, 0.3) is 0 Å². The maximum atomic E-state index is 12.3. The number of nitrogens with one attached hydrogen (secondary N) is 2. The molecule has 0 fully saturated rings. The number of amides is 2. The van der Waals surface area contributed by atoms with E-state index < -0.39 is 0 Å². The third-order valence-corrected chi connectivity index (χ3v) is 4.28. The molecule has 1 heterocycles. The summed E-state index contributed by atoms with van der Waals surface area (Å²) in [6.45, 7) is 10.6. The van der Waals surface area contributed by atoms with E-state index >= 15 is 0 Å². The Labute approximate surface area is 145 Å². The summed E-state index contributed by atoms with van der Waals surface area (Å²) in [5.41, 5.74) is 1.96. The second-order valence-corrected chi connectivity index (χ2v) is 8.76. The maximum Gasteiger partial charge on any atom is 0.227 e. The fraction of sp³-hybridized carbons (Fsp3) is 0.600. The summed E-state index contributed by atoms with van der Waals surface area (Å²) in [6, 6.07) is 7.86. The quantitative estimate of drug-likeness (QED) is 0.860. The number of benzene rings is 1. The van der Waals surface area contributed by atoms with Gasteiger partial charge < -0.3 is 10.6 Å². The summed E-state index contributed by atoms with van der Waals surface area (Å²) in [6.07, 6.45) is 2.58. The minimum atomic E-state index is -0.239. The van der Waals surface area contributed by atoms with Gasteiger partial charge in [-0.25, -0.2) is 0 Å². The molecule has 0 saturated heterocycles. The van der Waals surface area contributed by atoms with Gasteiger partial charge in [-0.05, 0) is 50.2 Å². The van der Waals surface area contributed by atoms with Crippen molar-refractivity contribution in [3.05, 3.63) is 29.8 Å². The van der Waals surface area contributed by atoms with E-state index in [0.717, 1.165) is 17.7 Å². The Balaban J connectivity index is 1.87. The van der Waals surface area contributed by atoms with Crippen molar-refractivity contribution in [2.45, 2.75) is 65.8 Å². The SMILES string of the molecule is CC(C)(C)CC(C)(C)NC(=O)CCC1Cc2ccccc2NC1=O. The average Bonchev–Trinajstić information content (AvgIpc) is 2.41. The summed E-state index contributed by atoms with van der Waals surface area (Å²) < 4.78 is 0. The number of carbonyl (C=O) groups is 2. The minimum Gasteiger partial charge on any atom is -0.351 e. The predicted octanol–water partition coefficient (Wildman–Crippen LogP) is 3.91. The second-order valence-electron chi connectivity index (χ2n) is 8.76. The van der Waals surface area contributed by atoms with Crippen LogP contribution in [-0.2, 0) is 16.0 Å². The summed E-state index contributed by atoms with van der Waals surface area (Å²) in [7, 11) is 0. The van der Waals surface area contributed by atoms with Crippen molar-refractivity contribution in [3.8, 4) is 0 Å². The van der Waals surface area contributed by atoms with Crippen LogP contribution >= 0.6 is 0 Å². The molecule has 0 spiro atoms. The van der Waals surface area contributed by atoms with Gasteiger partial charge in [-0.2, -0.15) is 0 Å². The number of hydrogen-bond donors (Lipinski definition) is 2. The predicted molar refractivity (Wildman–Crippen MR) is 97.8 cm³/mol. The lowest BCUT2D eigenvalue weighted by atomic mass is 9.81. The highest BCUT2D eigenvalue weighted by atomic mass is 16.2. The van der Waals surface area contributed by atoms with E-state index in [1.54, 1.807) is 0 Å². The van der Waals surface area contributed by atoms with Crippen LogP contribution in [0.4, 0.5) is 5.69 Å². The second kappa shape index (κ2) is 6.96. The Hall–Kier alpha value is -1.84. The van der Waals surface area contributed by atoms with E-state index in [0.29, 0.717) is 19.3 Å². The normalized spacial score (nSPS) is 17.9. The van der Waals surface area contributed by atoms with E-state index in [9.17, 15) is 9.59 Å². The molecule has 4 nitrogen and oxygen atoms in total. The molecule has 0 saturated carbocycles. The van der Waals surface area contributed by atoms with Crippen LogP contribution in [0.3, 0.4) is 0 Å². The Morgan fingerprint density at radius 1 is 1.21 bits per heavy atom. The average molecular weight is 330 g/mol. The van der Waals surface area contributed by atoms with E-state index in [1.807, 2.05) is 24.3 Å². The molecule has 1 aliphatic heterocycles. The molecule has 1 aromatic rings. The topological polar surface area (TPSA) is 58.2 Å². The van der Waals surface area contributed by atoms with Crippen molar-refractivity contribution in [2.75, 3.05) is 5.32 Å². The van der Waals surface area contributed by atoms with Gasteiger partial charge in [0.25, 0.3) is 0 Å². The largest absolute Gasteiger partial charge is 0.351 e. The Bertz CT molecular complexity index is 614. The first-order valence-electron chi connectivity index (χ1n) is 8.75. The fourth-order valence-corrected chi connectivity index (χ4v) is 3.76. The van der Waals surface area contributed by atoms with Gasteiger partial charge in [-0.1, -0.05) is 39.0 Å². The highest BCUT2D eigenvalue weighted by Crippen LogP contribution is 2.29. The highest BCUT2D eigenvalue weighted by molar-refractivity contribution is 5.96. The summed E-state index contributed by atoms with van der Waals surface area (Å²) in [4.78, 5) is 24.5. The number of rotatable bonds is 5. The molecule has 1 atom stereocenters. The Morgan fingerprint density at radius 3 is 2.54 bits per heavy atom. The van der Waals surface area contributed by atoms with Crippen LogP contribution in [-0.4, -0.2) is 17.4 Å². The first-order chi connectivity index (χ1) is 11.1. The zero-order valence-electron chi connectivity index (χ0n) is 15.5. The van der Waals surface area contributed by atoms with Crippen LogP contribution < -0.4 is 10.6 Å². The molecule has 0 bridgehead atoms. The van der Waals surface area contributed by atoms with Crippen molar-refractivity contribution in [1.29, 1.82) is 0 Å². The molecule has 132 valence electrons. The van der Waals surface area contributed by atoms with Crippen molar-refractivity contribution in [1.82, 2.24) is 5.32 Å². The number of carbonyl (C=O) groups excluding carboxylic acids is 2. The van der Waals surface area contributed by atoms with Crippen molar-refractivity contribution >= 4 is 17.5 Å². The van der Waals surface area contributed by atoms with Crippen molar-refractivity contribution < 1.29 is 9.59 Å². The highest BCUT2D eigenvalue weighted by Gasteiger charge is 2.29. The first kappa shape index (κ1) is 18.5. The smallest absolute Gasteiger partial charge is 0.227 e. The zero-order chi connectivity index (χ0) is 18.0. The molecule has 0 aromatic heterocycles. The van der Waals surface area contributed by atoms with Crippen LogP contribution in [0.2, 0.25) is 0 Å². The van der Waals surface area contributed by atoms with E-state index in [-0.39, 0.29) is 28.7 Å². The van der Waals surface area contributed by atoms with Gasteiger partial charge in [0.15, 0.2) is 0 Å². The van der Waals surface area contributed by atoms with E-state index in [1.165, 1.54) is 0 Å². The standard InChI is InChI=1S/C20H30N2O2/c1-19(2,3)13-20(4,5)22-17(23)11-10-15-12-14-8-6-7-9-16(14)21-18(15)24/h6-9,15H,10-13H2,1-5H3,(H,21,24)(H,22,23). The Kier molecular flexibility index (Phi) is 5.36. The summed E-state index contributed by atoms with van der Waals surface area (Å²) in [5, 5.41) is 6.06. The molecule has 24 heavy (non-hydrogen) atoms. The van der Waals surface area contributed by atoms with Crippen LogP contribution in [0.5, 0.6) is 0 Å². The van der Waals surface area contributed by atoms with Crippen LogP contribution in [0.15, 0.2) is 24.3 Å². The molecule has 0 radical (unpaired) electrons. The van der Waals surface area contributed by atoms with Crippen molar-refractivity contribution in [3.63, 3.8) is 0 Å². The third kappa shape index (κ3) is 5.36. The van der Waals surface area contributed by atoms with Gasteiger partial charge in [0, 0.05) is 23.6 Å². The summed E-state index contributed by atoms with van der Waals surface area (Å²) in [5.74, 6) is -0.0808. The van der Waals surface area contributed by atoms with Crippen molar-refractivity contribution in [2.24, 2.45) is 11.3 Å². The lowest BCUT2D eigenvalue weighted by Gasteiger charge is -2.33. The molecule has 4 heteroatoms. The molecule has 1 aliphatic rings. The van der Waals surface area contributed by atoms with E-state index in [4.69, 9.17) is 0 Å². The number of hydrogen-bond acceptors (Lipinski definition) is 2. The molecule has 1 unspecified atom stereocenters. The van der Waals surface area contributed by atoms with Gasteiger partial charge in [-0.15, -0.1) is 0 Å². The molecule has 1 aromatic carbocycles. The number of anilines is 1. The maximum absolute atomic E-state index is 12.3. The van der Waals surface area contributed by atoms with Gasteiger partial charge in [0.1, 0.15) is 0 Å². The fourth-order valence-electron chi connectivity index (χ4n) is 3.76. The number of para-hydroxylation sites is 1. The van der Waals surface area contributed by atoms with E-state index in [2.05, 4.69) is 45.3 Å². The Morgan fingerprint density at radius 2 is 1.88 bits per heavy atom. The summed E-state index contributed by atoms with van der Waals surface area (Å²) >= 11 is 0. The zero-order valence-corrected chi connectivity index (χ0v) is 15.5. The molecule has 2 amide bonds. The van der Waals surface area contributed by atoms with Crippen LogP contribution in [0.1, 0.15) is 59.4 Å². The molecular weight excluding hydrogens is 300 g/mol. The lowest BCUT2D eigenvalue weighted by Crippen LogP contribution is -2.46. The number of fused-ring (bicyclic) bond motifs is 1. The molecular formula is C20H30N2O2. The molecule has 2 N–H and O–H groups in total. The molecule has 0 aliphatic carbocycles. The third-order valence-electron chi connectivity index (χ3n) is 4.28. The van der Waals surface area contributed by atoms with Crippen LogP contribution in [0, 0.1) is 11.3 Å². The monoisotopic (exact) mass is 330 g/mol. The van der Waals surface area contributed by atoms with Gasteiger partial charge >= 0.3 is 0 Å². The van der Waals surface area contributed by atoms with Gasteiger partial charge in [-0.3, -0.25) is 9.59 Å².